The summed E-state index contributed by atoms with van der Waals surface area (Å²) < 4.78 is 1.80. The smallest absolute Gasteiger partial charge is 0.284 e. The molecular formula is C4H8N2O2S2. The predicted molar refractivity (Wildman–Crippen MR) is 43.5 cm³/mol. The first-order valence-corrected chi connectivity index (χ1v) is 3.20. The molecule has 0 aromatic carbocycles. The molecule has 10 heavy (non-hydrogen) atoms. The van der Waals surface area contributed by atoms with Crippen LogP contribution in [0.1, 0.15) is 0 Å². The first kappa shape index (κ1) is 9.64. The van der Waals surface area contributed by atoms with Crippen molar-refractivity contribution in [2.24, 2.45) is 0 Å². The quantitative estimate of drug-likeness (QED) is 0.393. The molecule has 0 aliphatic heterocycles. The lowest BCUT2D eigenvalue weighted by molar-refractivity contribution is -0.144. The summed E-state index contributed by atoms with van der Waals surface area (Å²) in [6.45, 7) is 0. The Hall–Kier alpha value is -0.360. The van der Waals surface area contributed by atoms with Crippen LogP contribution in [0.2, 0.25) is 0 Å². The van der Waals surface area contributed by atoms with Crippen molar-refractivity contribution in [1.29, 1.82) is 0 Å². The van der Waals surface area contributed by atoms with E-state index in [2.05, 4.69) is 25.6 Å². The molecule has 6 heteroatoms. The second-order valence-electron chi connectivity index (χ2n) is 1.66. The van der Waals surface area contributed by atoms with E-state index in [1.54, 1.807) is 0 Å². The fourth-order valence-electron chi connectivity index (χ4n) is 0.277. The van der Waals surface area contributed by atoms with Gasteiger partial charge in [-0.2, -0.15) is 0 Å². The SMILES string of the molecule is CN(S)C(=O)C(=O)N(C)S. The van der Waals surface area contributed by atoms with Gasteiger partial charge in [0.1, 0.15) is 0 Å². The third-order valence-corrected chi connectivity index (χ3v) is 1.13. The minimum atomic E-state index is -0.708. The van der Waals surface area contributed by atoms with E-state index >= 15 is 0 Å². The molecule has 0 saturated carbocycles. The second kappa shape index (κ2) is 3.72. The van der Waals surface area contributed by atoms with Gasteiger partial charge in [-0.15, -0.1) is 0 Å². The van der Waals surface area contributed by atoms with Gasteiger partial charge in [0, 0.05) is 14.1 Å². The molecule has 0 radical (unpaired) electrons. The van der Waals surface area contributed by atoms with Crippen LogP contribution in [0.4, 0.5) is 0 Å². The van der Waals surface area contributed by atoms with Crippen molar-refractivity contribution >= 4 is 37.4 Å². The molecule has 0 N–H and O–H groups in total. The Labute approximate surface area is 70.3 Å². The number of likely N-dealkylation sites (N-methyl/N-ethyl adjacent to an activating group) is 2. The lowest BCUT2D eigenvalue weighted by Gasteiger charge is -2.11. The first-order valence-electron chi connectivity index (χ1n) is 2.40. The molecule has 0 spiro atoms. The van der Waals surface area contributed by atoms with E-state index < -0.39 is 11.8 Å². The van der Waals surface area contributed by atoms with Gasteiger partial charge in [0.25, 0.3) is 0 Å². The average Bonchev–Trinajstić information content (AvgIpc) is 1.84. The van der Waals surface area contributed by atoms with Crippen LogP contribution < -0.4 is 0 Å². The van der Waals surface area contributed by atoms with Crippen LogP contribution in [0.5, 0.6) is 0 Å². The maximum absolute atomic E-state index is 10.7. The number of carbonyl (C=O) groups excluding carboxylic acids is 2. The number of amides is 2. The Kier molecular flexibility index (Phi) is 3.59. The minimum absolute atomic E-state index is 0.708. The van der Waals surface area contributed by atoms with Gasteiger partial charge in [0.05, 0.1) is 0 Å². The van der Waals surface area contributed by atoms with Crippen LogP contribution in [-0.4, -0.2) is 34.5 Å². The van der Waals surface area contributed by atoms with Crippen LogP contribution in [0.25, 0.3) is 0 Å². The van der Waals surface area contributed by atoms with Crippen molar-refractivity contribution in [1.82, 2.24) is 8.61 Å². The summed E-state index contributed by atoms with van der Waals surface area (Å²) in [7, 11) is 2.75. The van der Waals surface area contributed by atoms with Crippen molar-refractivity contribution in [2.75, 3.05) is 14.1 Å². The molecule has 0 aliphatic rings. The van der Waals surface area contributed by atoms with E-state index in [1.165, 1.54) is 14.1 Å². The van der Waals surface area contributed by atoms with E-state index in [9.17, 15) is 9.59 Å². The van der Waals surface area contributed by atoms with Crippen LogP contribution in [0.3, 0.4) is 0 Å². The van der Waals surface area contributed by atoms with Gasteiger partial charge < -0.3 is 0 Å². The zero-order valence-corrected chi connectivity index (χ0v) is 7.39. The number of hydrogen-bond acceptors (Lipinski definition) is 4. The van der Waals surface area contributed by atoms with Crippen LogP contribution in [0.15, 0.2) is 0 Å². The Morgan fingerprint density at radius 2 is 1.20 bits per heavy atom. The van der Waals surface area contributed by atoms with Crippen LogP contribution >= 0.6 is 25.6 Å². The molecule has 0 heterocycles. The fraction of sp³-hybridized carbons (Fsp3) is 0.500. The molecule has 4 nitrogen and oxygen atoms in total. The molecule has 58 valence electrons. The molecule has 0 rings (SSSR count). The normalized spacial score (nSPS) is 8.80. The van der Waals surface area contributed by atoms with Crippen LogP contribution in [0, 0.1) is 0 Å². The van der Waals surface area contributed by atoms with Crippen molar-refractivity contribution in [3.8, 4) is 0 Å². The molecule has 0 atom stereocenters. The van der Waals surface area contributed by atoms with Crippen molar-refractivity contribution in [3.05, 3.63) is 0 Å². The van der Waals surface area contributed by atoms with Crippen molar-refractivity contribution in [2.45, 2.75) is 0 Å². The molecular weight excluding hydrogens is 172 g/mol. The summed E-state index contributed by atoms with van der Waals surface area (Å²) in [6.07, 6.45) is 0. The van der Waals surface area contributed by atoms with E-state index in [0.717, 1.165) is 8.61 Å². The Morgan fingerprint density at radius 3 is 1.30 bits per heavy atom. The van der Waals surface area contributed by atoms with Gasteiger partial charge in [-0.05, 0) is 0 Å². The first-order chi connectivity index (χ1) is 4.46. The summed E-state index contributed by atoms with van der Waals surface area (Å²) in [6, 6.07) is 0. The standard InChI is InChI=1S/C4H8N2O2S2/c1-5(9)3(7)4(8)6(2)10/h9-10H,1-2H3. The zero-order valence-electron chi connectivity index (χ0n) is 5.61. The van der Waals surface area contributed by atoms with Gasteiger partial charge in [0.15, 0.2) is 0 Å². The molecule has 0 aromatic heterocycles. The number of rotatable bonds is 0. The molecule has 0 aliphatic carbocycles. The Morgan fingerprint density at radius 1 is 1.00 bits per heavy atom. The maximum Gasteiger partial charge on any atom is 0.322 e. The third-order valence-electron chi connectivity index (χ3n) is 0.771. The molecule has 0 saturated heterocycles. The highest BCUT2D eigenvalue weighted by Gasteiger charge is 2.18. The lowest BCUT2D eigenvalue weighted by atomic mass is 10.6. The van der Waals surface area contributed by atoms with Crippen molar-refractivity contribution < 1.29 is 9.59 Å². The lowest BCUT2D eigenvalue weighted by Crippen LogP contribution is -2.33. The highest BCUT2D eigenvalue weighted by Crippen LogP contribution is 1.95. The fourth-order valence-corrected chi connectivity index (χ4v) is 0.448. The maximum atomic E-state index is 10.7. The topological polar surface area (TPSA) is 40.6 Å². The molecule has 2 amide bonds. The third kappa shape index (κ3) is 2.49. The minimum Gasteiger partial charge on any atom is -0.284 e. The van der Waals surface area contributed by atoms with Gasteiger partial charge >= 0.3 is 11.8 Å². The van der Waals surface area contributed by atoms with Gasteiger partial charge in [0.2, 0.25) is 0 Å². The van der Waals surface area contributed by atoms with E-state index in [0.29, 0.717) is 0 Å². The zero-order chi connectivity index (χ0) is 8.31. The summed E-state index contributed by atoms with van der Waals surface area (Å²) in [4.78, 5) is 21.4. The number of nitrogens with zero attached hydrogens (tertiary/aromatic N) is 2. The summed E-state index contributed by atoms with van der Waals surface area (Å²) in [5, 5.41) is 0. The monoisotopic (exact) mass is 180 g/mol. The molecule has 0 fully saturated rings. The van der Waals surface area contributed by atoms with Gasteiger partial charge in [-0.1, -0.05) is 25.6 Å². The van der Waals surface area contributed by atoms with Crippen molar-refractivity contribution in [3.63, 3.8) is 0 Å². The molecule has 0 aromatic rings. The highest BCUT2D eigenvalue weighted by atomic mass is 32.1. The molecule has 0 bridgehead atoms. The van der Waals surface area contributed by atoms with Crippen LogP contribution in [-0.2, 0) is 9.59 Å². The highest BCUT2D eigenvalue weighted by molar-refractivity contribution is 7.79. The number of carbonyl (C=O) groups is 2. The number of hydrogen-bond donors (Lipinski definition) is 2. The average molecular weight is 180 g/mol. The molecule has 0 unspecified atom stereocenters. The summed E-state index contributed by atoms with van der Waals surface area (Å²) >= 11 is 7.26. The van der Waals surface area contributed by atoms with E-state index in [-0.39, 0.29) is 0 Å². The Balaban J connectivity index is 4.10. The number of thiol groups is 2. The predicted octanol–water partition coefficient (Wildman–Crippen LogP) is -0.407. The second-order valence-corrected chi connectivity index (χ2v) is 2.86. The van der Waals surface area contributed by atoms with E-state index in [1.807, 2.05) is 0 Å². The summed E-state index contributed by atoms with van der Waals surface area (Å²) in [5.74, 6) is -1.42. The Bertz CT molecular complexity index is 139. The summed E-state index contributed by atoms with van der Waals surface area (Å²) in [5.41, 5.74) is 0. The van der Waals surface area contributed by atoms with Gasteiger partial charge in [-0.3, -0.25) is 18.2 Å². The largest absolute Gasteiger partial charge is 0.322 e. The van der Waals surface area contributed by atoms with E-state index in [4.69, 9.17) is 0 Å². The van der Waals surface area contributed by atoms with Gasteiger partial charge in [-0.25, -0.2) is 0 Å².